The minimum absolute atomic E-state index is 0.0249. The van der Waals surface area contributed by atoms with E-state index in [2.05, 4.69) is 30.4 Å². The zero-order chi connectivity index (χ0) is 15.5. The summed E-state index contributed by atoms with van der Waals surface area (Å²) in [6.07, 6.45) is 0. The van der Waals surface area contributed by atoms with Crippen molar-refractivity contribution in [2.75, 3.05) is 11.8 Å². The Kier molecular flexibility index (Phi) is 4.59. The number of ether oxygens (including phenoxy) is 1. The summed E-state index contributed by atoms with van der Waals surface area (Å²) >= 11 is 3.16. The zero-order valence-corrected chi connectivity index (χ0v) is 13.3. The van der Waals surface area contributed by atoms with Crippen LogP contribution in [0.2, 0.25) is 0 Å². The number of anilines is 1. The molecule has 1 aromatic heterocycles. The van der Waals surface area contributed by atoms with E-state index in [-0.39, 0.29) is 16.3 Å². The Bertz CT molecular complexity index is 760. The molecule has 0 spiro atoms. The van der Waals surface area contributed by atoms with E-state index in [4.69, 9.17) is 0 Å². The van der Waals surface area contributed by atoms with Crippen LogP contribution < -0.4 is 4.72 Å². The van der Waals surface area contributed by atoms with Crippen molar-refractivity contribution in [1.82, 2.24) is 4.98 Å². The summed E-state index contributed by atoms with van der Waals surface area (Å²) in [7, 11) is -2.51. The Morgan fingerprint density at radius 1 is 1.19 bits per heavy atom. The van der Waals surface area contributed by atoms with E-state index in [0.717, 1.165) is 0 Å². The van der Waals surface area contributed by atoms with Crippen molar-refractivity contribution in [3.05, 3.63) is 52.6 Å². The van der Waals surface area contributed by atoms with Gasteiger partial charge in [-0.25, -0.2) is 18.2 Å². The fraction of sp³-hybridized carbons (Fsp3) is 0.0769. The van der Waals surface area contributed by atoms with Crippen molar-refractivity contribution in [1.29, 1.82) is 0 Å². The third-order valence-corrected chi connectivity index (χ3v) is 4.35. The molecular formula is C13H11BrN2O4S. The lowest BCUT2D eigenvalue weighted by atomic mass is 10.2. The van der Waals surface area contributed by atoms with Crippen LogP contribution in [0.15, 0.2) is 52.0 Å². The number of nitrogens with zero attached hydrogens (tertiary/aromatic N) is 1. The van der Waals surface area contributed by atoms with Crippen LogP contribution in [0.3, 0.4) is 0 Å². The summed E-state index contributed by atoms with van der Waals surface area (Å²) in [5.74, 6) is -0.331. The minimum atomic E-state index is -3.76. The number of nitrogens with one attached hydrogen (secondary N) is 1. The number of rotatable bonds is 4. The predicted molar refractivity (Wildman–Crippen MR) is 80.5 cm³/mol. The van der Waals surface area contributed by atoms with Gasteiger partial charge >= 0.3 is 5.97 Å². The maximum atomic E-state index is 12.2. The van der Waals surface area contributed by atoms with Gasteiger partial charge in [0.25, 0.3) is 10.0 Å². The van der Waals surface area contributed by atoms with Crippen LogP contribution in [0.25, 0.3) is 0 Å². The number of hydrogen-bond acceptors (Lipinski definition) is 5. The molecule has 0 saturated heterocycles. The van der Waals surface area contributed by atoms with E-state index >= 15 is 0 Å². The molecular weight excluding hydrogens is 360 g/mol. The summed E-state index contributed by atoms with van der Waals surface area (Å²) in [6, 6.07) is 10.3. The maximum Gasteiger partial charge on any atom is 0.337 e. The Balaban J connectivity index is 2.25. The second-order valence-electron chi connectivity index (χ2n) is 3.97. The zero-order valence-electron chi connectivity index (χ0n) is 10.9. The highest BCUT2D eigenvalue weighted by Gasteiger charge is 2.16. The largest absolute Gasteiger partial charge is 0.465 e. The van der Waals surface area contributed by atoms with Crippen molar-refractivity contribution < 1.29 is 17.9 Å². The van der Waals surface area contributed by atoms with Crippen molar-refractivity contribution in [2.45, 2.75) is 4.90 Å². The van der Waals surface area contributed by atoms with Gasteiger partial charge in [-0.05, 0) is 52.3 Å². The van der Waals surface area contributed by atoms with Crippen LogP contribution >= 0.6 is 15.9 Å². The van der Waals surface area contributed by atoms with Crippen LogP contribution in [0.1, 0.15) is 10.4 Å². The van der Waals surface area contributed by atoms with Crippen molar-refractivity contribution in [2.24, 2.45) is 0 Å². The van der Waals surface area contributed by atoms with Gasteiger partial charge in [-0.2, -0.15) is 0 Å². The Morgan fingerprint density at radius 3 is 2.43 bits per heavy atom. The minimum Gasteiger partial charge on any atom is -0.465 e. The molecule has 0 radical (unpaired) electrons. The molecule has 0 amide bonds. The number of halogens is 1. The quantitative estimate of drug-likeness (QED) is 0.659. The third kappa shape index (κ3) is 3.79. The molecule has 0 unspecified atom stereocenters. The van der Waals surface area contributed by atoms with Crippen LogP contribution in [0.5, 0.6) is 0 Å². The summed E-state index contributed by atoms with van der Waals surface area (Å²) in [6.45, 7) is 0. The van der Waals surface area contributed by atoms with Crippen LogP contribution in [-0.2, 0) is 14.8 Å². The van der Waals surface area contributed by atoms with E-state index in [0.29, 0.717) is 4.60 Å². The summed E-state index contributed by atoms with van der Waals surface area (Å²) < 4.78 is 31.8. The molecule has 0 aliphatic rings. The first-order chi connectivity index (χ1) is 9.92. The molecule has 110 valence electrons. The molecule has 2 aromatic rings. The Labute approximate surface area is 130 Å². The van der Waals surface area contributed by atoms with E-state index in [1.807, 2.05) is 0 Å². The van der Waals surface area contributed by atoms with E-state index in [1.54, 1.807) is 12.1 Å². The second-order valence-corrected chi connectivity index (χ2v) is 6.46. The first-order valence-corrected chi connectivity index (χ1v) is 8.04. The average Bonchev–Trinajstić information content (AvgIpc) is 2.46. The van der Waals surface area contributed by atoms with Crippen LogP contribution in [0.4, 0.5) is 5.82 Å². The topological polar surface area (TPSA) is 85.4 Å². The molecule has 1 heterocycles. The summed E-state index contributed by atoms with van der Waals surface area (Å²) in [5.41, 5.74) is 0.275. The lowest BCUT2D eigenvalue weighted by Crippen LogP contribution is -2.14. The van der Waals surface area contributed by atoms with E-state index < -0.39 is 16.0 Å². The Hall–Kier alpha value is -1.93. The van der Waals surface area contributed by atoms with Gasteiger partial charge < -0.3 is 4.74 Å². The maximum absolute atomic E-state index is 12.2. The van der Waals surface area contributed by atoms with Crippen molar-refractivity contribution in [3.63, 3.8) is 0 Å². The smallest absolute Gasteiger partial charge is 0.337 e. The van der Waals surface area contributed by atoms with Crippen molar-refractivity contribution in [3.8, 4) is 0 Å². The van der Waals surface area contributed by atoms with Gasteiger partial charge in [0.15, 0.2) is 0 Å². The van der Waals surface area contributed by atoms with E-state index in [1.165, 1.54) is 37.4 Å². The van der Waals surface area contributed by atoms with Gasteiger partial charge in [-0.3, -0.25) is 4.72 Å². The summed E-state index contributed by atoms with van der Waals surface area (Å²) in [5, 5.41) is 0. The molecule has 1 N–H and O–H groups in total. The summed E-state index contributed by atoms with van der Waals surface area (Å²) in [4.78, 5) is 15.3. The first kappa shape index (κ1) is 15.5. The first-order valence-electron chi connectivity index (χ1n) is 5.76. The predicted octanol–water partition coefficient (Wildman–Crippen LogP) is 2.43. The number of benzene rings is 1. The monoisotopic (exact) mass is 370 g/mol. The van der Waals surface area contributed by atoms with Gasteiger partial charge in [0, 0.05) is 0 Å². The second kappa shape index (κ2) is 6.23. The lowest BCUT2D eigenvalue weighted by Gasteiger charge is -2.08. The molecule has 0 atom stereocenters. The molecule has 0 aliphatic heterocycles. The molecule has 0 aliphatic carbocycles. The highest BCUT2D eigenvalue weighted by Crippen LogP contribution is 2.17. The number of esters is 1. The van der Waals surface area contributed by atoms with Gasteiger partial charge in [0.2, 0.25) is 0 Å². The molecule has 6 nitrogen and oxygen atoms in total. The SMILES string of the molecule is COC(=O)c1ccc(S(=O)(=O)Nc2cccc(Br)n2)cc1. The standard InChI is InChI=1S/C13H11BrN2O4S/c1-20-13(17)9-5-7-10(8-6-9)21(18,19)16-12-4-2-3-11(14)15-12/h2-8H,1H3,(H,15,16). The number of carbonyl (C=O) groups excluding carboxylic acids is 1. The number of aromatic nitrogens is 1. The number of sulfonamides is 1. The molecule has 8 heteroatoms. The fourth-order valence-electron chi connectivity index (χ4n) is 1.55. The molecule has 0 bridgehead atoms. The van der Waals surface area contributed by atoms with Gasteiger partial charge in [-0.15, -0.1) is 0 Å². The van der Waals surface area contributed by atoms with E-state index in [9.17, 15) is 13.2 Å². The Morgan fingerprint density at radius 2 is 1.86 bits per heavy atom. The number of hydrogen-bond donors (Lipinski definition) is 1. The van der Waals surface area contributed by atoms with Crippen molar-refractivity contribution >= 4 is 37.7 Å². The number of carbonyl (C=O) groups is 1. The fourth-order valence-corrected chi connectivity index (χ4v) is 2.89. The molecule has 2 rings (SSSR count). The molecule has 0 saturated carbocycles. The average molecular weight is 371 g/mol. The molecule has 21 heavy (non-hydrogen) atoms. The molecule has 1 aromatic carbocycles. The highest BCUT2D eigenvalue weighted by atomic mass is 79.9. The van der Waals surface area contributed by atoms with Crippen LogP contribution in [0, 0.1) is 0 Å². The lowest BCUT2D eigenvalue weighted by molar-refractivity contribution is 0.0600. The van der Waals surface area contributed by atoms with Gasteiger partial charge in [0.1, 0.15) is 10.4 Å². The third-order valence-electron chi connectivity index (χ3n) is 2.54. The number of methoxy groups -OCH3 is 1. The highest BCUT2D eigenvalue weighted by molar-refractivity contribution is 9.10. The normalized spacial score (nSPS) is 11.0. The molecule has 0 fully saturated rings. The van der Waals surface area contributed by atoms with Gasteiger partial charge in [-0.1, -0.05) is 6.07 Å². The van der Waals surface area contributed by atoms with Crippen LogP contribution in [-0.4, -0.2) is 26.5 Å². The number of pyridine rings is 1. The van der Waals surface area contributed by atoms with Gasteiger partial charge in [0.05, 0.1) is 17.6 Å².